The van der Waals surface area contributed by atoms with E-state index in [1.165, 1.54) is 23.2 Å². The molecule has 2 aliphatic heterocycles. The largest absolute Gasteiger partial charge is 0.461 e. The van der Waals surface area contributed by atoms with Gasteiger partial charge in [0.2, 0.25) is 0 Å². The minimum absolute atomic E-state index is 0.0960. The smallest absolute Gasteiger partial charge is 0.416 e. The van der Waals surface area contributed by atoms with Crippen LogP contribution >= 0.6 is 0 Å². The first kappa shape index (κ1) is 24.7. The maximum Gasteiger partial charge on any atom is 0.416 e. The molecule has 1 fully saturated rings. The predicted octanol–water partition coefficient (Wildman–Crippen LogP) is 2.92. The van der Waals surface area contributed by atoms with Gasteiger partial charge in [0.1, 0.15) is 18.5 Å². The first-order valence-corrected chi connectivity index (χ1v) is 11.5. The van der Waals surface area contributed by atoms with E-state index in [0.29, 0.717) is 36.7 Å². The van der Waals surface area contributed by atoms with Crippen molar-refractivity contribution in [2.45, 2.75) is 24.7 Å². The number of carbonyl (C=O) groups excluding carboxylic acids is 1. The molecule has 0 spiro atoms. The number of aliphatic hydroxyl groups excluding tert-OH is 2. The molecule has 194 valence electrons. The second kappa shape index (κ2) is 9.82. The van der Waals surface area contributed by atoms with Crippen molar-refractivity contribution in [2.75, 3.05) is 41.4 Å². The fourth-order valence-electron chi connectivity index (χ4n) is 4.36. The van der Waals surface area contributed by atoms with Crippen LogP contribution in [0.3, 0.4) is 0 Å². The van der Waals surface area contributed by atoms with Crippen LogP contribution in [-0.2, 0) is 6.18 Å². The van der Waals surface area contributed by atoms with Gasteiger partial charge in [-0.25, -0.2) is 14.8 Å². The molecule has 5 rings (SSSR count). The molecule has 0 saturated carbocycles. The number of carbonyl (C=O) groups is 1. The van der Waals surface area contributed by atoms with Crippen molar-refractivity contribution in [2.24, 2.45) is 0 Å². The summed E-state index contributed by atoms with van der Waals surface area (Å²) in [4.78, 5) is 29.6. The topological polar surface area (TPSA) is 124 Å². The lowest BCUT2D eigenvalue weighted by Crippen LogP contribution is -2.48. The average molecular weight is 516 g/mol. The van der Waals surface area contributed by atoms with Gasteiger partial charge < -0.3 is 19.8 Å². The minimum atomic E-state index is -4.49. The third-order valence-electron chi connectivity index (χ3n) is 6.14. The molecule has 1 aromatic carbocycles. The number of urea groups is 1. The lowest BCUT2D eigenvalue weighted by atomic mass is 10.1. The molecule has 2 amide bonds. The fourth-order valence-corrected chi connectivity index (χ4v) is 4.36. The number of hydrogen-bond donors (Lipinski definition) is 3. The first-order valence-electron chi connectivity index (χ1n) is 11.5. The van der Waals surface area contributed by atoms with Crippen LogP contribution in [0.2, 0.25) is 0 Å². The van der Waals surface area contributed by atoms with Gasteiger partial charge in [0.15, 0.2) is 5.82 Å². The van der Waals surface area contributed by atoms with Gasteiger partial charge in [-0.05, 0) is 36.8 Å². The van der Waals surface area contributed by atoms with E-state index >= 15 is 0 Å². The van der Waals surface area contributed by atoms with Crippen LogP contribution in [0, 0.1) is 0 Å². The Hall–Kier alpha value is -3.97. The summed E-state index contributed by atoms with van der Waals surface area (Å²) < 4.78 is 45.0. The van der Waals surface area contributed by atoms with Gasteiger partial charge in [0.05, 0.1) is 29.6 Å². The van der Waals surface area contributed by atoms with Crippen LogP contribution in [0.15, 0.2) is 48.7 Å². The minimum Gasteiger partial charge on any atom is -0.461 e. The van der Waals surface area contributed by atoms with E-state index in [9.17, 15) is 23.1 Å². The summed E-state index contributed by atoms with van der Waals surface area (Å²) in [5.74, 6) is 0.488. The van der Waals surface area contributed by atoms with E-state index in [0.717, 1.165) is 12.1 Å². The van der Waals surface area contributed by atoms with Crippen LogP contribution in [0.25, 0.3) is 11.3 Å². The number of nitrogens with zero attached hydrogens (tertiary/aromatic N) is 5. The second-order valence-corrected chi connectivity index (χ2v) is 8.68. The molecule has 3 aromatic rings. The quantitative estimate of drug-likeness (QED) is 0.457. The molecule has 1 saturated heterocycles. The number of fused-ring (bicyclic) bond motifs is 4. The second-order valence-electron chi connectivity index (χ2n) is 8.68. The number of rotatable bonds is 6. The molecule has 2 aliphatic rings. The highest BCUT2D eigenvalue weighted by atomic mass is 19.4. The molecule has 13 heteroatoms. The summed E-state index contributed by atoms with van der Waals surface area (Å²) in [7, 11) is 0. The maximum absolute atomic E-state index is 13.4. The zero-order valence-corrected chi connectivity index (χ0v) is 19.4. The monoisotopic (exact) mass is 516 g/mol. The van der Waals surface area contributed by atoms with Crippen molar-refractivity contribution in [3.05, 3.63) is 54.2 Å². The van der Waals surface area contributed by atoms with Crippen molar-refractivity contribution in [1.29, 1.82) is 0 Å². The van der Waals surface area contributed by atoms with Crippen LogP contribution < -0.4 is 19.9 Å². The van der Waals surface area contributed by atoms with Gasteiger partial charge in [-0.15, -0.1) is 0 Å². The number of halogens is 3. The van der Waals surface area contributed by atoms with Crippen molar-refractivity contribution in [3.8, 4) is 17.3 Å². The molecule has 0 aliphatic carbocycles. The summed E-state index contributed by atoms with van der Waals surface area (Å²) in [5, 5.41) is 21.1. The highest BCUT2D eigenvalue weighted by molar-refractivity contribution is 6.04. The number of amides is 2. The Labute approximate surface area is 209 Å². The molecule has 3 N–H and O–H groups in total. The molecular weight excluding hydrogens is 493 g/mol. The van der Waals surface area contributed by atoms with Crippen molar-refractivity contribution >= 4 is 23.4 Å². The summed E-state index contributed by atoms with van der Waals surface area (Å²) in [5.41, 5.74) is 0.527. The molecule has 2 bridgehead atoms. The number of hydrogen-bond acceptors (Lipinski definition) is 8. The highest BCUT2D eigenvalue weighted by Crippen LogP contribution is 2.41. The van der Waals surface area contributed by atoms with Crippen molar-refractivity contribution in [1.82, 2.24) is 15.0 Å². The van der Waals surface area contributed by atoms with Gasteiger partial charge in [-0.2, -0.15) is 18.2 Å². The van der Waals surface area contributed by atoms with E-state index in [1.54, 1.807) is 18.2 Å². The summed E-state index contributed by atoms with van der Waals surface area (Å²) in [6, 6.07) is 8.99. The molecule has 10 nitrogen and oxygen atoms in total. The molecule has 4 heterocycles. The van der Waals surface area contributed by atoms with E-state index in [4.69, 9.17) is 9.84 Å². The molecule has 2 aromatic heterocycles. The Morgan fingerprint density at radius 1 is 1.22 bits per heavy atom. The molecule has 37 heavy (non-hydrogen) atoms. The third-order valence-corrected chi connectivity index (χ3v) is 6.14. The van der Waals surface area contributed by atoms with Gasteiger partial charge in [0.25, 0.3) is 0 Å². The van der Waals surface area contributed by atoms with Gasteiger partial charge in [0, 0.05) is 24.8 Å². The van der Waals surface area contributed by atoms with Crippen LogP contribution in [0.4, 0.5) is 35.3 Å². The summed E-state index contributed by atoms with van der Waals surface area (Å²) in [6.07, 6.45) is -3.53. The molecule has 2 atom stereocenters. The predicted molar refractivity (Wildman–Crippen MR) is 127 cm³/mol. The van der Waals surface area contributed by atoms with Gasteiger partial charge in [-0.1, -0.05) is 12.1 Å². The molecule has 0 radical (unpaired) electrons. The van der Waals surface area contributed by atoms with Gasteiger partial charge >= 0.3 is 18.2 Å². The number of pyridine rings is 1. The Kier molecular flexibility index (Phi) is 6.56. The zero-order chi connectivity index (χ0) is 26.2. The Morgan fingerprint density at radius 2 is 2.05 bits per heavy atom. The first-order chi connectivity index (χ1) is 17.7. The summed E-state index contributed by atoms with van der Waals surface area (Å²) >= 11 is 0. The number of benzene rings is 1. The van der Waals surface area contributed by atoms with Crippen LogP contribution in [0.1, 0.15) is 12.0 Å². The van der Waals surface area contributed by atoms with E-state index in [2.05, 4.69) is 25.2 Å². The number of ether oxygens (including phenoxy) is 1. The van der Waals surface area contributed by atoms with Crippen LogP contribution in [-0.4, -0.2) is 69.6 Å². The highest BCUT2D eigenvalue weighted by Gasteiger charge is 2.40. The standard InChI is InChI=1S/C24H23F3N6O4/c25-24(26,27)15-3-1-2-14(10-15)18-4-5-19-21(29-18)33(16-7-9-32(19)11-16)23(36)31-20-6-8-28-22(30-20)37-13-17(35)12-34/h1-6,8,10,16-17,34-35H,7,9,11-13H2,(H,28,30,31,36)/t16?,17-/m1/s1. The SMILES string of the molecule is O=C(Nc1ccnc(OC[C@H](O)CO)n1)N1c2nc(-c3cccc(C(F)(F)F)c3)ccc2N2CCC1C2. The lowest BCUT2D eigenvalue weighted by molar-refractivity contribution is -0.137. The maximum atomic E-state index is 13.4. The normalized spacial score (nSPS) is 17.4. The van der Waals surface area contributed by atoms with Crippen molar-refractivity contribution < 1.29 is 32.9 Å². The molecular formula is C24H23F3N6O4. The number of nitrogens with one attached hydrogen (secondary N) is 1. The number of aromatic nitrogens is 3. The average Bonchev–Trinajstić information content (AvgIpc) is 3.31. The van der Waals surface area contributed by atoms with Gasteiger partial charge in [-0.3, -0.25) is 10.2 Å². The number of alkyl halides is 3. The number of aliphatic hydroxyl groups is 2. The van der Waals surface area contributed by atoms with E-state index in [1.807, 2.05) is 0 Å². The van der Waals surface area contributed by atoms with E-state index in [-0.39, 0.29) is 30.0 Å². The fraction of sp³-hybridized carbons (Fsp3) is 0.333. The Balaban J connectivity index is 1.42. The van der Waals surface area contributed by atoms with Crippen LogP contribution in [0.5, 0.6) is 6.01 Å². The number of anilines is 3. The Morgan fingerprint density at radius 3 is 2.84 bits per heavy atom. The summed E-state index contributed by atoms with van der Waals surface area (Å²) in [6.45, 7) is 0.596. The lowest BCUT2D eigenvalue weighted by Gasteiger charge is -2.35. The van der Waals surface area contributed by atoms with Crippen molar-refractivity contribution in [3.63, 3.8) is 0 Å². The third kappa shape index (κ3) is 5.13. The van der Waals surface area contributed by atoms with E-state index < -0.39 is 30.5 Å². The molecule has 1 unspecified atom stereocenters. The Bertz CT molecular complexity index is 1310. The zero-order valence-electron chi connectivity index (χ0n) is 19.4.